The Balaban J connectivity index is 2.23. The van der Waals surface area contributed by atoms with Crippen LogP contribution >= 0.6 is 0 Å². The summed E-state index contributed by atoms with van der Waals surface area (Å²) in [5.41, 5.74) is -0.279. The average molecular weight is 296 g/mol. The van der Waals surface area contributed by atoms with Crippen LogP contribution in [0.4, 0.5) is 0 Å². The summed E-state index contributed by atoms with van der Waals surface area (Å²) in [6, 6.07) is -0.806. The van der Waals surface area contributed by atoms with E-state index < -0.39 is 6.04 Å². The first-order valence-corrected chi connectivity index (χ1v) is 7.90. The van der Waals surface area contributed by atoms with Crippen molar-refractivity contribution in [1.82, 2.24) is 10.2 Å². The second-order valence-electron chi connectivity index (χ2n) is 7.72. The van der Waals surface area contributed by atoms with Crippen LogP contribution in [0.2, 0.25) is 0 Å². The fourth-order valence-corrected chi connectivity index (χ4v) is 3.19. The van der Waals surface area contributed by atoms with Crippen molar-refractivity contribution in [3.8, 4) is 0 Å². The number of piperazine rings is 1. The van der Waals surface area contributed by atoms with Gasteiger partial charge in [-0.1, -0.05) is 34.6 Å². The van der Waals surface area contributed by atoms with Crippen molar-refractivity contribution in [2.24, 2.45) is 17.3 Å². The topological polar surface area (TPSA) is 58.6 Å². The van der Waals surface area contributed by atoms with E-state index in [2.05, 4.69) is 5.32 Å². The van der Waals surface area contributed by atoms with Crippen LogP contribution < -0.4 is 5.32 Å². The zero-order valence-corrected chi connectivity index (χ0v) is 13.8. The van der Waals surface area contributed by atoms with E-state index in [1.165, 1.54) is 0 Å². The van der Waals surface area contributed by atoms with Crippen molar-refractivity contribution < 1.29 is 14.3 Å². The highest BCUT2D eigenvalue weighted by molar-refractivity contribution is 5.97. The molecule has 3 atom stereocenters. The Hall–Kier alpha value is -1.10. The number of amides is 2. The van der Waals surface area contributed by atoms with Crippen LogP contribution in [0.15, 0.2) is 0 Å². The van der Waals surface area contributed by atoms with E-state index in [9.17, 15) is 9.59 Å². The number of nitrogens with zero attached hydrogens (tertiary/aromatic N) is 1. The van der Waals surface area contributed by atoms with Crippen molar-refractivity contribution in [2.75, 3.05) is 19.8 Å². The zero-order valence-electron chi connectivity index (χ0n) is 13.8. The predicted octanol–water partition coefficient (Wildman–Crippen LogP) is 1.42. The lowest BCUT2D eigenvalue weighted by atomic mass is 9.82. The fraction of sp³-hybridized carbons (Fsp3) is 0.875. The third-order valence-electron chi connectivity index (χ3n) is 4.40. The summed E-state index contributed by atoms with van der Waals surface area (Å²) in [6.07, 6.45) is 0.969. The van der Waals surface area contributed by atoms with Gasteiger partial charge in [0.2, 0.25) is 11.8 Å². The molecule has 0 aromatic rings. The van der Waals surface area contributed by atoms with Crippen LogP contribution in [0.5, 0.6) is 0 Å². The highest BCUT2D eigenvalue weighted by Gasteiger charge is 2.46. The summed E-state index contributed by atoms with van der Waals surface area (Å²) >= 11 is 0. The van der Waals surface area contributed by atoms with Gasteiger partial charge in [-0.2, -0.15) is 0 Å². The number of carbonyl (C=O) groups is 2. The third kappa shape index (κ3) is 3.39. The molecule has 2 fully saturated rings. The Morgan fingerprint density at radius 1 is 1.33 bits per heavy atom. The number of nitrogens with one attached hydrogen (secondary N) is 1. The maximum absolute atomic E-state index is 12.9. The van der Waals surface area contributed by atoms with Crippen LogP contribution in [0.25, 0.3) is 0 Å². The lowest BCUT2D eigenvalue weighted by Gasteiger charge is -2.45. The SMILES string of the molecule is CC(C)C1C(=O)NC(C(C)(C)C)C(=O)N1CC1CCOC1. The quantitative estimate of drug-likeness (QED) is 0.857. The van der Waals surface area contributed by atoms with Crippen LogP contribution in [-0.2, 0) is 14.3 Å². The molecular formula is C16H28N2O3. The molecule has 5 nitrogen and oxygen atoms in total. The summed E-state index contributed by atoms with van der Waals surface area (Å²) in [6.45, 7) is 12.0. The first kappa shape index (κ1) is 16.3. The zero-order chi connectivity index (χ0) is 15.8. The van der Waals surface area contributed by atoms with Gasteiger partial charge in [0.1, 0.15) is 12.1 Å². The normalized spacial score (nSPS) is 31.0. The van der Waals surface area contributed by atoms with Gasteiger partial charge in [-0.15, -0.1) is 0 Å². The average Bonchev–Trinajstić information content (AvgIpc) is 2.84. The molecule has 0 aromatic heterocycles. The minimum atomic E-state index is -0.442. The van der Waals surface area contributed by atoms with E-state index >= 15 is 0 Å². The summed E-state index contributed by atoms with van der Waals surface area (Å²) < 4.78 is 5.41. The van der Waals surface area contributed by atoms with E-state index in [1.807, 2.05) is 34.6 Å². The van der Waals surface area contributed by atoms with Crippen LogP contribution in [-0.4, -0.2) is 48.6 Å². The molecule has 5 heteroatoms. The van der Waals surface area contributed by atoms with E-state index in [0.29, 0.717) is 19.1 Å². The highest BCUT2D eigenvalue weighted by atomic mass is 16.5. The molecule has 1 N–H and O–H groups in total. The summed E-state index contributed by atoms with van der Waals surface area (Å²) in [4.78, 5) is 27.2. The monoisotopic (exact) mass is 296 g/mol. The molecule has 3 unspecified atom stereocenters. The van der Waals surface area contributed by atoms with Gasteiger partial charge < -0.3 is 15.0 Å². The Morgan fingerprint density at radius 3 is 2.48 bits per heavy atom. The van der Waals surface area contributed by atoms with Crippen LogP contribution in [0.3, 0.4) is 0 Å². The second-order valence-corrected chi connectivity index (χ2v) is 7.72. The maximum atomic E-state index is 12.9. The molecule has 2 amide bonds. The number of rotatable bonds is 3. The second kappa shape index (κ2) is 5.95. The standard InChI is InChI=1S/C16H28N2O3/c1-10(2)12-14(19)17-13(16(3,4)5)15(20)18(12)8-11-6-7-21-9-11/h10-13H,6-9H2,1-5H3,(H,17,19). The molecule has 2 heterocycles. The molecule has 0 saturated carbocycles. The molecule has 2 aliphatic heterocycles. The molecule has 0 aromatic carbocycles. The first-order valence-electron chi connectivity index (χ1n) is 7.90. The number of hydrogen-bond acceptors (Lipinski definition) is 3. The van der Waals surface area contributed by atoms with Crippen molar-refractivity contribution in [3.63, 3.8) is 0 Å². The van der Waals surface area contributed by atoms with Crippen molar-refractivity contribution in [2.45, 2.75) is 53.1 Å². The van der Waals surface area contributed by atoms with Crippen molar-refractivity contribution >= 4 is 11.8 Å². The van der Waals surface area contributed by atoms with Crippen molar-refractivity contribution in [3.05, 3.63) is 0 Å². The van der Waals surface area contributed by atoms with E-state index in [-0.39, 0.29) is 29.2 Å². The van der Waals surface area contributed by atoms with Gasteiger partial charge in [0.05, 0.1) is 6.61 Å². The van der Waals surface area contributed by atoms with Gasteiger partial charge in [-0.25, -0.2) is 0 Å². The first-order chi connectivity index (χ1) is 9.71. The largest absolute Gasteiger partial charge is 0.381 e. The van der Waals surface area contributed by atoms with Crippen LogP contribution in [0.1, 0.15) is 41.0 Å². The Bertz CT molecular complexity index is 408. The maximum Gasteiger partial charge on any atom is 0.246 e. The van der Waals surface area contributed by atoms with Gasteiger partial charge in [0.25, 0.3) is 0 Å². The predicted molar refractivity (Wildman–Crippen MR) is 80.7 cm³/mol. The summed E-state index contributed by atoms with van der Waals surface area (Å²) in [5.74, 6) is 0.482. The molecule has 0 radical (unpaired) electrons. The Kier molecular flexibility index (Phi) is 4.61. The highest BCUT2D eigenvalue weighted by Crippen LogP contribution is 2.28. The molecule has 120 valence electrons. The van der Waals surface area contributed by atoms with E-state index in [0.717, 1.165) is 13.0 Å². The van der Waals surface area contributed by atoms with Gasteiger partial charge in [-0.3, -0.25) is 9.59 Å². The van der Waals surface area contributed by atoms with Gasteiger partial charge in [-0.05, 0) is 17.8 Å². The van der Waals surface area contributed by atoms with Crippen molar-refractivity contribution in [1.29, 1.82) is 0 Å². The van der Waals surface area contributed by atoms with Gasteiger partial charge in [0.15, 0.2) is 0 Å². The molecule has 2 rings (SSSR count). The fourth-order valence-electron chi connectivity index (χ4n) is 3.19. The molecule has 0 aliphatic carbocycles. The summed E-state index contributed by atoms with van der Waals surface area (Å²) in [7, 11) is 0. The minimum absolute atomic E-state index is 0.0246. The number of ether oxygens (including phenoxy) is 1. The smallest absolute Gasteiger partial charge is 0.246 e. The van der Waals surface area contributed by atoms with Crippen LogP contribution in [0, 0.1) is 17.3 Å². The molecule has 0 spiro atoms. The molecule has 0 bridgehead atoms. The Labute approximate surface area is 127 Å². The van der Waals surface area contributed by atoms with E-state index in [1.54, 1.807) is 4.90 Å². The van der Waals surface area contributed by atoms with Gasteiger partial charge in [0, 0.05) is 19.1 Å². The lowest BCUT2D eigenvalue weighted by Crippen LogP contribution is -2.68. The number of carbonyl (C=O) groups excluding carboxylic acids is 2. The Morgan fingerprint density at radius 2 is 2.00 bits per heavy atom. The molecule has 2 aliphatic rings. The molecular weight excluding hydrogens is 268 g/mol. The minimum Gasteiger partial charge on any atom is -0.381 e. The lowest BCUT2D eigenvalue weighted by molar-refractivity contribution is -0.155. The van der Waals surface area contributed by atoms with E-state index in [4.69, 9.17) is 4.74 Å². The number of hydrogen-bond donors (Lipinski definition) is 1. The molecule has 2 saturated heterocycles. The molecule has 21 heavy (non-hydrogen) atoms. The summed E-state index contributed by atoms with van der Waals surface area (Å²) in [5, 5.41) is 2.93. The van der Waals surface area contributed by atoms with Gasteiger partial charge >= 0.3 is 0 Å². The third-order valence-corrected chi connectivity index (χ3v) is 4.40.